The highest BCUT2D eigenvalue weighted by molar-refractivity contribution is 6.05. The van der Waals surface area contributed by atoms with Crippen molar-refractivity contribution in [3.05, 3.63) is 46.5 Å². The quantitative estimate of drug-likeness (QED) is 0.643. The van der Waals surface area contributed by atoms with Gasteiger partial charge in [0.25, 0.3) is 5.91 Å². The zero-order valence-electron chi connectivity index (χ0n) is 9.40. The summed E-state index contributed by atoms with van der Waals surface area (Å²) >= 11 is 0. The summed E-state index contributed by atoms with van der Waals surface area (Å²) in [6.07, 6.45) is 4.06. The van der Waals surface area contributed by atoms with Crippen LogP contribution in [-0.2, 0) is 7.05 Å². The maximum Gasteiger partial charge on any atom is 0.320 e. The number of amides is 1. The number of carbonyl (C=O) groups is 1. The van der Waals surface area contributed by atoms with Crippen molar-refractivity contribution in [1.29, 1.82) is 0 Å². The molecule has 0 spiro atoms. The number of nitrogens with zero attached hydrogens (tertiary/aromatic N) is 4. The monoisotopic (exact) mass is 247 g/mol. The van der Waals surface area contributed by atoms with Crippen LogP contribution in [0.4, 0.5) is 11.4 Å². The molecule has 0 bridgehead atoms. The fraction of sp³-hybridized carbons (Fsp3) is 0.100. The van der Waals surface area contributed by atoms with E-state index in [9.17, 15) is 14.9 Å². The average molecular weight is 247 g/mol. The van der Waals surface area contributed by atoms with Crippen molar-refractivity contribution >= 4 is 17.3 Å². The van der Waals surface area contributed by atoms with Gasteiger partial charge in [-0.1, -0.05) is 0 Å². The predicted octanol–water partition coefficient (Wildman–Crippen LogP) is 0.976. The van der Waals surface area contributed by atoms with E-state index in [1.165, 1.54) is 19.4 Å². The number of nitro groups is 1. The molecule has 1 N–H and O–H groups in total. The van der Waals surface area contributed by atoms with Gasteiger partial charge in [-0.15, -0.1) is 0 Å². The number of hydrogen-bond acceptors (Lipinski definition) is 5. The highest BCUT2D eigenvalue weighted by Crippen LogP contribution is 2.18. The third kappa shape index (κ3) is 2.17. The molecule has 92 valence electrons. The van der Waals surface area contributed by atoms with Gasteiger partial charge in [0.2, 0.25) is 5.69 Å². The summed E-state index contributed by atoms with van der Waals surface area (Å²) in [5.41, 5.74) is 0.0753. The van der Waals surface area contributed by atoms with Crippen molar-refractivity contribution in [2.24, 2.45) is 7.05 Å². The van der Waals surface area contributed by atoms with Crippen molar-refractivity contribution in [2.45, 2.75) is 0 Å². The SMILES string of the molecule is Cn1ncc([N+](=O)[O-])c1C(=O)Nc1ccncc1. The van der Waals surface area contributed by atoms with E-state index in [0.717, 1.165) is 10.9 Å². The van der Waals surface area contributed by atoms with Crippen molar-refractivity contribution in [1.82, 2.24) is 14.8 Å². The summed E-state index contributed by atoms with van der Waals surface area (Å²) in [4.78, 5) is 25.8. The van der Waals surface area contributed by atoms with Crippen LogP contribution >= 0.6 is 0 Å². The Hall–Kier alpha value is -2.77. The Morgan fingerprint density at radius 1 is 1.44 bits per heavy atom. The maximum absolute atomic E-state index is 11.9. The van der Waals surface area contributed by atoms with Crippen LogP contribution in [0, 0.1) is 10.1 Å². The Bertz CT molecular complexity index is 593. The maximum atomic E-state index is 11.9. The molecule has 0 fully saturated rings. The van der Waals surface area contributed by atoms with Gasteiger partial charge in [0.05, 0.1) is 4.92 Å². The molecule has 0 aliphatic heterocycles. The van der Waals surface area contributed by atoms with Gasteiger partial charge in [0, 0.05) is 25.1 Å². The minimum absolute atomic E-state index is 0.100. The van der Waals surface area contributed by atoms with Gasteiger partial charge < -0.3 is 5.32 Å². The number of nitrogens with one attached hydrogen (secondary N) is 1. The third-order valence-corrected chi connectivity index (χ3v) is 2.27. The van der Waals surface area contributed by atoms with E-state index in [1.807, 2.05) is 0 Å². The summed E-state index contributed by atoms with van der Waals surface area (Å²) in [5, 5.41) is 17.0. The average Bonchev–Trinajstić information content (AvgIpc) is 2.72. The highest BCUT2D eigenvalue weighted by Gasteiger charge is 2.25. The standard InChI is InChI=1S/C10H9N5O3/c1-14-9(8(6-12-14)15(17)18)10(16)13-7-2-4-11-5-3-7/h2-6H,1H3,(H,11,13,16). The van der Waals surface area contributed by atoms with E-state index in [1.54, 1.807) is 12.1 Å². The highest BCUT2D eigenvalue weighted by atomic mass is 16.6. The van der Waals surface area contributed by atoms with Gasteiger partial charge in [-0.2, -0.15) is 5.10 Å². The first kappa shape index (κ1) is 11.7. The van der Waals surface area contributed by atoms with Gasteiger partial charge in [0.1, 0.15) is 6.20 Å². The second kappa shape index (κ2) is 4.62. The van der Waals surface area contributed by atoms with E-state index in [0.29, 0.717) is 5.69 Å². The Balaban J connectivity index is 2.29. The first-order valence-corrected chi connectivity index (χ1v) is 4.97. The van der Waals surface area contributed by atoms with Gasteiger partial charge >= 0.3 is 5.69 Å². The lowest BCUT2D eigenvalue weighted by molar-refractivity contribution is -0.385. The number of aryl methyl sites for hydroxylation is 1. The Morgan fingerprint density at radius 3 is 2.72 bits per heavy atom. The van der Waals surface area contributed by atoms with Gasteiger partial charge in [-0.25, -0.2) is 0 Å². The lowest BCUT2D eigenvalue weighted by Gasteiger charge is -2.04. The molecule has 8 heteroatoms. The fourth-order valence-corrected chi connectivity index (χ4v) is 1.45. The van der Waals surface area contributed by atoms with E-state index < -0.39 is 10.8 Å². The van der Waals surface area contributed by atoms with Crippen LogP contribution < -0.4 is 5.32 Å². The van der Waals surface area contributed by atoms with Crippen molar-refractivity contribution < 1.29 is 9.72 Å². The summed E-state index contributed by atoms with van der Waals surface area (Å²) in [6.45, 7) is 0. The van der Waals surface area contributed by atoms with E-state index >= 15 is 0 Å². The van der Waals surface area contributed by atoms with E-state index in [2.05, 4.69) is 15.4 Å². The molecule has 0 saturated heterocycles. The largest absolute Gasteiger partial charge is 0.320 e. The van der Waals surface area contributed by atoms with Crippen LogP contribution in [0.25, 0.3) is 0 Å². The zero-order valence-corrected chi connectivity index (χ0v) is 9.40. The number of anilines is 1. The minimum Gasteiger partial charge on any atom is -0.320 e. The summed E-state index contributed by atoms with van der Waals surface area (Å²) in [6, 6.07) is 3.17. The van der Waals surface area contributed by atoms with Crippen LogP contribution in [0.2, 0.25) is 0 Å². The van der Waals surface area contributed by atoms with Crippen LogP contribution in [0.5, 0.6) is 0 Å². The van der Waals surface area contributed by atoms with E-state index in [4.69, 9.17) is 0 Å². The van der Waals surface area contributed by atoms with Crippen LogP contribution in [0.3, 0.4) is 0 Å². The minimum atomic E-state index is -0.644. The molecule has 2 aromatic heterocycles. The smallest absolute Gasteiger partial charge is 0.320 e. The van der Waals surface area contributed by atoms with E-state index in [-0.39, 0.29) is 11.4 Å². The molecular weight excluding hydrogens is 238 g/mol. The Morgan fingerprint density at radius 2 is 2.11 bits per heavy atom. The lowest BCUT2D eigenvalue weighted by Crippen LogP contribution is -2.17. The molecule has 0 unspecified atom stereocenters. The van der Waals surface area contributed by atoms with Gasteiger partial charge in [0.15, 0.2) is 0 Å². The fourth-order valence-electron chi connectivity index (χ4n) is 1.45. The van der Waals surface area contributed by atoms with Gasteiger partial charge in [-0.05, 0) is 12.1 Å². The molecule has 0 aromatic carbocycles. The second-order valence-corrected chi connectivity index (χ2v) is 3.45. The molecule has 0 saturated carbocycles. The topological polar surface area (TPSA) is 103 Å². The predicted molar refractivity (Wildman–Crippen MR) is 62.1 cm³/mol. The molecule has 0 aliphatic rings. The molecule has 18 heavy (non-hydrogen) atoms. The van der Waals surface area contributed by atoms with Crippen molar-refractivity contribution in [2.75, 3.05) is 5.32 Å². The first-order valence-electron chi connectivity index (χ1n) is 4.97. The normalized spacial score (nSPS) is 10.1. The second-order valence-electron chi connectivity index (χ2n) is 3.45. The van der Waals surface area contributed by atoms with Crippen molar-refractivity contribution in [3.8, 4) is 0 Å². The molecule has 1 amide bonds. The van der Waals surface area contributed by atoms with Crippen molar-refractivity contribution in [3.63, 3.8) is 0 Å². The molecule has 8 nitrogen and oxygen atoms in total. The molecule has 0 aliphatic carbocycles. The molecule has 0 radical (unpaired) electrons. The molecule has 2 rings (SSSR count). The zero-order chi connectivity index (χ0) is 13.1. The number of pyridine rings is 1. The van der Waals surface area contributed by atoms with Gasteiger partial charge in [-0.3, -0.25) is 24.6 Å². The Kier molecular flexibility index (Phi) is 3.00. The molecule has 0 atom stereocenters. The molecule has 2 heterocycles. The number of aromatic nitrogens is 3. The number of carbonyl (C=O) groups excluding carboxylic acids is 1. The number of hydrogen-bond donors (Lipinski definition) is 1. The van der Waals surface area contributed by atoms with Crippen LogP contribution in [-0.4, -0.2) is 25.6 Å². The number of rotatable bonds is 3. The molecular formula is C10H9N5O3. The summed E-state index contributed by atoms with van der Waals surface area (Å²) < 4.78 is 1.16. The Labute approximate surface area is 101 Å². The summed E-state index contributed by atoms with van der Waals surface area (Å²) in [7, 11) is 1.47. The van der Waals surface area contributed by atoms with Crippen LogP contribution in [0.1, 0.15) is 10.5 Å². The summed E-state index contributed by atoms with van der Waals surface area (Å²) in [5.74, 6) is -0.590. The first-order chi connectivity index (χ1) is 8.59. The molecule has 2 aromatic rings. The van der Waals surface area contributed by atoms with Crippen LogP contribution in [0.15, 0.2) is 30.7 Å². The third-order valence-electron chi connectivity index (χ3n) is 2.27. The lowest BCUT2D eigenvalue weighted by atomic mass is 10.3.